The molecule has 17 heavy (non-hydrogen) atoms. The number of thiazole rings is 1. The van der Waals surface area contributed by atoms with Gasteiger partial charge in [0.2, 0.25) is 0 Å². The van der Waals surface area contributed by atoms with Gasteiger partial charge in [0.25, 0.3) is 0 Å². The number of aromatic nitrogens is 1. The van der Waals surface area contributed by atoms with Crippen LogP contribution in [0.25, 0.3) is 0 Å². The summed E-state index contributed by atoms with van der Waals surface area (Å²) >= 11 is 1.79. The summed E-state index contributed by atoms with van der Waals surface area (Å²) in [4.78, 5) is 7.15. The van der Waals surface area contributed by atoms with E-state index in [1.165, 1.54) is 17.8 Å². The Bertz CT molecular complexity index is 350. The fraction of sp³-hybridized carbons (Fsp3) is 0.769. The maximum atomic E-state index is 4.58. The average molecular weight is 253 g/mol. The standard InChI is InChI=1S/C13H23N3S/c1-4-12-7-16(11(3)5-6-14-12)8-13-15-10(2)9-17-13/h9,11-12,14H,4-8H2,1-3H3. The first-order valence-electron chi connectivity index (χ1n) is 6.57. The van der Waals surface area contributed by atoms with Crippen LogP contribution in [-0.2, 0) is 6.54 Å². The summed E-state index contributed by atoms with van der Waals surface area (Å²) in [6, 6.07) is 1.30. The van der Waals surface area contributed by atoms with Crippen LogP contribution in [0.5, 0.6) is 0 Å². The molecule has 2 rings (SSSR count). The minimum atomic E-state index is 0.640. The first kappa shape index (κ1) is 13.0. The lowest BCUT2D eigenvalue weighted by Gasteiger charge is -2.27. The smallest absolute Gasteiger partial charge is 0.107 e. The third kappa shape index (κ3) is 3.50. The molecule has 0 amide bonds. The van der Waals surface area contributed by atoms with Crippen LogP contribution in [0.1, 0.15) is 37.4 Å². The molecule has 1 aliphatic rings. The van der Waals surface area contributed by atoms with Gasteiger partial charge in [-0.25, -0.2) is 4.98 Å². The molecular formula is C13H23N3S. The van der Waals surface area contributed by atoms with Gasteiger partial charge >= 0.3 is 0 Å². The van der Waals surface area contributed by atoms with Crippen LogP contribution in [0.15, 0.2) is 5.38 Å². The molecule has 1 N–H and O–H groups in total. The first-order chi connectivity index (χ1) is 8.19. The Hall–Kier alpha value is -0.450. The van der Waals surface area contributed by atoms with E-state index in [0.29, 0.717) is 12.1 Å². The summed E-state index contributed by atoms with van der Waals surface area (Å²) in [5.74, 6) is 0. The SMILES string of the molecule is CCC1CN(Cc2nc(C)cs2)C(C)CCN1. The Morgan fingerprint density at radius 2 is 2.41 bits per heavy atom. The normalized spacial score (nSPS) is 27.0. The fourth-order valence-electron chi connectivity index (χ4n) is 2.35. The molecule has 1 saturated heterocycles. The molecule has 0 bridgehead atoms. The van der Waals surface area contributed by atoms with Crippen molar-refractivity contribution in [3.05, 3.63) is 16.1 Å². The molecule has 1 aliphatic heterocycles. The summed E-state index contributed by atoms with van der Waals surface area (Å²) in [7, 11) is 0. The van der Waals surface area contributed by atoms with Gasteiger partial charge in [-0.2, -0.15) is 0 Å². The number of aryl methyl sites for hydroxylation is 1. The van der Waals surface area contributed by atoms with Gasteiger partial charge in [0, 0.05) is 29.7 Å². The molecule has 4 heteroatoms. The van der Waals surface area contributed by atoms with Crippen molar-refractivity contribution in [2.45, 2.75) is 52.2 Å². The van der Waals surface area contributed by atoms with Crippen molar-refractivity contribution >= 4 is 11.3 Å². The van der Waals surface area contributed by atoms with E-state index in [-0.39, 0.29) is 0 Å². The number of rotatable bonds is 3. The third-order valence-electron chi connectivity index (χ3n) is 3.57. The van der Waals surface area contributed by atoms with E-state index in [2.05, 4.69) is 41.4 Å². The topological polar surface area (TPSA) is 28.2 Å². The van der Waals surface area contributed by atoms with E-state index in [4.69, 9.17) is 0 Å². The van der Waals surface area contributed by atoms with Crippen LogP contribution in [-0.4, -0.2) is 35.1 Å². The number of hydrogen-bond donors (Lipinski definition) is 1. The first-order valence-corrected chi connectivity index (χ1v) is 7.45. The summed E-state index contributed by atoms with van der Waals surface area (Å²) < 4.78 is 0. The van der Waals surface area contributed by atoms with Crippen molar-refractivity contribution in [1.82, 2.24) is 15.2 Å². The summed E-state index contributed by atoms with van der Waals surface area (Å²) in [6.45, 7) is 9.98. The molecule has 3 nitrogen and oxygen atoms in total. The predicted octanol–water partition coefficient (Wildman–Crippen LogP) is 2.41. The lowest BCUT2D eigenvalue weighted by molar-refractivity contribution is 0.194. The van der Waals surface area contributed by atoms with Gasteiger partial charge in [-0.3, -0.25) is 4.90 Å². The molecule has 0 saturated carbocycles. The van der Waals surface area contributed by atoms with Gasteiger partial charge in [-0.05, 0) is 33.2 Å². The summed E-state index contributed by atoms with van der Waals surface area (Å²) in [6.07, 6.45) is 2.45. The zero-order valence-electron chi connectivity index (χ0n) is 11.1. The molecule has 1 aromatic rings. The Morgan fingerprint density at radius 1 is 1.59 bits per heavy atom. The molecule has 96 valence electrons. The van der Waals surface area contributed by atoms with Gasteiger partial charge in [0.05, 0.1) is 6.54 Å². The van der Waals surface area contributed by atoms with Crippen LogP contribution < -0.4 is 5.32 Å². The minimum Gasteiger partial charge on any atom is -0.313 e. The van der Waals surface area contributed by atoms with Crippen molar-refractivity contribution in [3.8, 4) is 0 Å². The quantitative estimate of drug-likeness (QED) is 0.896. The molecule has 1 aromatic heterocycles. The second kappa shape index (κ2) is 5.94. The van der Waals surface area contributed by atoms with Crippen molar-refractivity contribution in [2.24, 2.45) is 0 Å². The largest absolute Gasteiger partial charge is 0.313 e. The van der Waals surface area contributed by atoms with Crippen LogP contribution in [0, 0.1) is 6.92 Å². The van der Waals surface area contributed by atoms with Gasteiger partial charge in [-0.1, -0.05) is 6.92 Å². The van der Waals surface area contributed by atoms with Crippen LogP contribution >= 0.6 is 11.3 Å². The Balaban J connectivity index is 2.01. The Kier molecular flexibility index (Phi) is 4.54. The number of nitrogens with zero attached hydrogens (tertiary/aromatic N) is 2. The Morgan fingerprint density at radius 3 is 3.06 bits per heavy atom. The minimum absolute atomic E-state index is 0.640. The summed E-state index contributed by atoms with van der Waals surface area (Å²) in [5.41, 5.74) is 1.15. The van der Waals surface area contributed by atoms with Gasteiger partial charge < -0.3 is 5.32 Å². The Labute approximate surface area is 108 Å². The monoisotopic (exact) mass is 253 g/mol. The van der Waals surface area contributed by atoms with Gasteiger partial charge in [-0.15, -0.1) is 11.3 Å². The van der Waals surface area contributed by atoms with E-state index >= 15 is 0 Å². The van der Waals surface area contributed by atoms with Gasteiger partial charge in [0.1, 0.15) is 5.01 Å². The number of nitrogens with one attached hydrogen (secondary N) is 1. The van der Waals surface area contributed by atoms with Crippen molar-refractivity contribution in [2.75, 3.05) is 13.1 Å². The van der Waals surface area contributed by atoms with E-state index in [0.717, 1.165) is 25.3 Å². The van der Waals surface area contributed by atoms with Crippen molar-refractivity contribution in [3.63, 3.8) is 0 Å². The van der Waals surface area contributed by atoms with Crippen molar-refractivity contribution in [1.29, 1.82) is 0 Å². The zero-order valence-corrected chi connectivity index (χ0v) is 11.9. The molecule has 0 spiro atoms. The van der Waals surface area contributed by atoms with E-state index in [1.54, 1.807) is 11.3 Å². The molecule has 2 heterocycles. The van der Waals surface area contributed by atoms with Crippen molar-refractivity contribution < 1.29 is 0 Å². The maximum Gasteiger partial charge on any atom is 0.107 e. The second-order valence-corrected chi connectivity index (χ2v) is 5.95. The molecule has 1 fully saturated rings. The highest BCUT2D eigenvalue weighted by Gasteiger charge is 2.22. The van der Waals surface area contributed by atoms with Crippen LogP contribution in [0.3, 0.4) is 0 Å². The third-order valence-corrected chi connectivity index (χ3v) is 4.52. The molecule has 0 aromatic carbocycles. The average Bonchev–Trinajstić information content (AvgIpc) is 2.62. The lowest BCUT2D eigenvalue weighted by atomic mass is 10.2. The van der Waals surface area contributed by atoms with Gasteiger partial charge in [0.15, 0.2) is 0 Å². The fourth-order valence-corrected chi connectivity index (χ4v) is 3.15. The molecule has 0 radical (unpaired) electrons. The molecule has 0 aliphatic carbocycles. The molecular weight excluding hydrogens is 230 g/mol. The second-order valence-electron chi connectivity index (χ2n) is 5.01. The highest BCUT2D eigenvalue weighted by Crippen LogP contribution is 2.17. The number of hydrogen-bond acceptors (Lipinski definition) is 4. The van der Waals surface area contributed by atoms with Crippen LogP contribution in [0.4, 0.5) is 0 Å². The maximum absolute atomic E-state index is 4.58. The zero-order chi connectivity index (χ0) is 12.3. The lowest BCUT2D eigenvalue weighted by Crippen LogP contribution is -2.39. The highest BCUT2D eigenvalue weighted by atomic mass is 32.1. The van der Waals surface area contributed by atoms with E-state index < -0.39 is 0 Å². The van der Waals surface area contributed by atoms with Crippen LogP contribution in [0.2, 0.25) is 0 Å². The molecule has 2 atom stereocenters. The summed E-state index contributed by atoms with van der Waals surface area (Å²) in [5, 5.41) is 7.03. The highest BCUT2D eigenvalue weighted by molar-refractivity contribution is 7.09. The molecule has 2 unspecified atom stereocenters. The van der Waals surface area contributed by atoms with E-state index in [1.807, 2.05) is 0 Å². The predicted molar refractivity (Wildman–Crippen MR) is 73.4 cm³/mol. The van der Waals surface area contributed by atoms with E-state index in [9.17, 15) is 0 Å².